The van der Waals surface area contributed by atoms with Gasteiger partial charge in [0.05, 0.1) is 22.8 Å². The van der Waals surface area contributed by atoms with E-state index in [-0.39, 0.29) is 0 Å². The first kappa shape index (κ1) is 7.55. The van der Waals surface area contributed by atoms with Crippen molar-refractivity contribution in [2.24, 2.45) is 0 Å². The maximum Gasteiger partial charge on any atom is 0.120 e. The lowest BCUT2D eigenvalue weighted by Gasteiger charge is -2.00. The molecule has 0 spiro atoms. The fourth-order valence-electron chi connectivity index (χ4n) is 1.22. The van der Waals surface area contributed by atoms with E-state index < -0.39 is 0 Å². The zero-order valence-electron chi connectivity index (χ0n) is 7.00. The molecule has 0 aliphatic rings. The molecule has 12 heavy (non-hydrogen) atoms. The van der Waals surface area contributed by atoms with E-state index in [0.717, 1.165) is 11.3 Å². The van der Waals surface area contributed by atoms with Gasteiger partial charge in [-0.05, 0) is 24.6 Å². The third kappa shape index (κ3) is 1.06. The number of benzene rings is 1. The third-order valence-corrected chi connectivity index (χ3v) is 2.61. The van der Waals surface area contributed by atoms with E-state index in [9.17, 15) is 0 Å². The molecule has 1 aromatic carbocycles. The summed E-state index contributed by atoms with van der Waals surface area (Å²) in [5.41, 5.74) is 4.11. The van der Waals surface area contributed by atoms with Crippen LogP contribution in [0, 0.1) is 6.92 Å². The highest BCUT2D eigenvalue weighted by Crippen LogP contribution is 2.26. The highest BCUT2D eigenvalue weighted by atomic mass is 32.1. The molecule has 0 atom stereocenters. The van der Waals surface area contributed by atoms with Crippen molar-refractivity contribution in [3.05, 3.63) is 23.2 Å². The molecule has 2 rings (SSSR count). The lowest BCUT2D eigenvalue weighted by atomic mass is 10.2. The highest BCUT2D eigenvalue weighted by Gasteiger charge is 2.02. The van der Waals surface area contributed by atoms with Crippen LogP contribution in [0.15, 0.2) is 17.6 Å². The van der Waals surface area contributed by atoms with Gasteiger partial charge in [-0.2, -0.15) is 0 Å². The summed E-state index contributed by atoms with van der Waals surface area (Å²) in [6.45, 7) is 2.05. The smallest absolute Gasteiger partial charge is 0.120 e. The first-order valence-corrected chi connectivity index (χ1v) is 4.57. The fraction of sp³-hybridized carbons (Fsp3) is 0.222. The summed E-state index contributed by atoms with van der Waals surface area (Å²) >= 11 is 1.64. The fourth-order valence-corrected chi connectivity index (χ4v) is 2.01. The Kier molecular flexibility index (Phi) is 1.73. The predicted octanol–water partition coefficient (Wildman–Crippen LogP) is 2.61. The predicted molar refractivity (Wildman–Crippen MR) is 50.9 cm³/mol. The van der Waals surface area contributed by atoms with Crippen molar-refractivity contribution in [1.29, 1.82) is 0 Å². The summed E-state index contributed by atoms with van der Waals surface area (Å²) in [7, 11) is 1.68. The van der Waals surface area contributed by atoms with Gasteiger partial charge < -0.3 is 4.74 Å². The van der Waals surface area contributed by atoms with Crippen LogP contribution in [-0.2, 0) is 0 Å². The van der Waals surface area contributed by atoms with E-state index in [1.165, 1.54) is 10.3 Å². The Bertz CT molecular complexity index is 408. The van der Waals surface area contributed by atoms with Crippen LogP contribution in [0.3, 0.4) is 0 Å². The SMILES string of the molecule is COc1cc(C)c2ncsc2c1. The molecule has 1 aromatic heterocycles. The van der Waals surface area contributed by atoms with Crippen molar-refractivity contribution in [1.82, 2.24) is 4.98 Å². The molecule has 0 saturated carbocycles. The summed E-state index contributed by atoms with van der Waals surface area (Å²) < 4.78 is 6.34. The van der Waals surface area contributed by atoms with Crippen molar-refractivity contribution in [3.63, 3.8) is 0 Å². The van der Waals surface area contributed by atoms with Crippen molar-refractivity contribution in [3.8, 4) is 5.75 Å². The number of ether oxygens (including phenoxy) is 1. The molecule has 2 nitrogen and oxygen atoms in total. The average molecular weight is 179 g/mol. The van der Waals surface area contributed by atoms with Crippen molar-refractivity contribution >= 4 is 21.6 Å². The van der Waals surface area contributed by atoms with Crippen LogP contribution in [-0.4, -0.2) is 12.1 Å². The Morgan fingerprint density at radius 2 is 2.25 bits per heavy atom. The molecule has 3 heteroatoms. The van der Waals surface area contributed by atoms with Gasteiger partial charge in [0.25, 0.3) is 0 Å². The number of aromatic nitrogens is 1. The first-order valence-electron chi connectivity index (χ1n) is 3.69. The molecule has 62 valence electrons. The molecule has 0 unspecified atom stereocenters. The average Bonchev–Trinajstić information content (AvgIpc) is 2.52. The summed E-state index contributed by atoms with van der Waals surface area (Å²) in [6, 6.07) is 4.02. The van der Waals surface area contributed by atoms with Crippen LogP contribution in [0.25, 0.3) is 10.2 Å². The summed E-state index contributed by atoms with van der Waals surface area (Å²) in [4.78, 5) is 4.26. The number of hydrogen-bond acceptors (Lipinski definition) is 3. The van der Waals surface area contributed by atoms with Gasteiger partial charge in [-0.25, -0.2) is 4.98 Å². The lowest BCUT2D eigenvalue weighted by molar-refractivity contribution is 0.415. The number of methoxy groups -OCH3 is 1. The van der Waals surface area contributed by atoms with Gasteiger partial charge in [0.15, 0.2) is 0 Å². The summed E-state index contributed by atoms with van der Waals surface area (Å²) in [5, 5.41) is 0. The molecule has 1 heterocycles. The Balaban J connectivity index is 2.75. The number of fused-ring (bicyclic) bond motifs is 1. The molecular weight excluding hydrogens is 170 g/mol. The Hall–Kier alpha value is -1.09. The van der Waals surface area contributed by atoms with Gasteiger partial charge in [-0.3, -0.25) is 0 Å². The molecule has 0 fully saturated rings. The van der Waals surface area contributed by atoms with Crippen LogP contribution in [0.2, 0.25) is 0 Å². The normalized spacial score (nSPS) is 10.5. The zero-order valence-corrected chi connectivity index (χ0v) is 7.81. The minimum absolute atomic E-state index is 0.907. The number of rotatable bonds is 1. The van der Waals surface area contributed by atoms with Gasteiger partial charge >= 0.3 is 0 Å². The van der Waals surface area contributed by atoms with Gasteiger partial charge in [0.1, 0.15) is 5.75 Å². The Labute approximate surface area is 74.8 Å². The van der Waals surface area contributed by atoms with Gasteiger partial charge in [-0.15, -0.1) is 11.3 Å². The van der Waals surface area contributed by atoms with Gasteiger partial charge in [-0.1, -0.05) is 0 Å². The van der Waals surface area contributed by atoms with E-state index in [2.05, 4.69) is 4.98 Å². The highest BCUT2D eigenvalue weighted by molar-refractivity contribution is 7.16. The second-order valence-corrected chi connectivity index (χ2v) is 3.53. The van der Waals surface area contributed by atoms with E-state index in [0.29, 0.717) is 0 Å². The molecule has 0 amide bonds. The molecule has 0 aliphatic carbocycles. The molecule has 0 bridgehead atoms. The molecule has 2 aromatic rings. The Morgan fingerprint density at radius 1 is 1.42 bits per heavy atom. The van der Waals surface area contributed by atoms with E-state index in [1.54, 1.807) is 18.4 Å². The first-order chi connectivity index (χ1) is 5.81. The number of aryl methyl sites for hydroxylation is 1. The van der Waals surface area contributed by atoms with Crippen molar-refractivity contribution in [2.45, 2.75) is 6.92 Å². The van der Waals surface area contributed by atoms with Crippen LogP contribution in [0.4, 0.5) is 0 Å². The number of nitrogens with zero attached hydrogens (tertiary/aromatic N) is 1. The standard InChI is InChI=1S/C9H9NOS/c1-6-3-7(11-2)4-8-9(6)10-5-12-8/h3-5H,1-2H3. The maximum absolute atomic E-state index is 5.15. The van der Waals surface area contributed by atoms with Gasteiger partial charge in [0.2, 0.25) is 0 Å². The quantitative estimate of drug-likeness (QED) is 0.671. The monoisotopic (exact) mass is 179 g/mol. The van der Waals surface area contributed by atoms with Crippen LogP contribution in [0.5, 0.6) is 5.75 Å². The molecule has 0 N–H and O–H groups in total. The van der Waals surface area contributed by atoms with Crippen LogP contribution < -0.4 is 4.74 Å². The second kappa shape index (κ2) is 2.75. The number of thiazole rings is 1. The van der Waals surface area contributed by atoms with E-state index in [4.69, 9.17) is 4.74 Å². The summed E-state index contributed by atoms with van der Waals surface area (Å²) in [6.07, 6.45) is 0. The molecule has 0 radical (unpaired) electrons. The minimum Gasteiger partial charge on any atom is -0.497 e. The zero-order chi connectivity index (χ0) is 8.55. The van der Waals surface area contributed by atoms with E-state index in [1.807, 2.05) is 24.6 Å². The Morgan fingerprint density at radius 3 is 3.00 bits per heavy atom. The largest absolute Gasteiger partial charge is 0.497 e. The summed E-state index contributed by atoms with van der Waals surface area (Å²) in [5.74, 6) is 0.907. The molecular formula is C9H9NOS. The maximum atomic E-state index is 5.15. The van der Waals surface area contributed by atoms with Crippen LogP contribution >= 0.6 is 11.3 Å². The van der Waals surface area contributed by atoms with Crippen LogP contribution in [0.1, 0.15) is 5.56 Å². The molecule has 0 aliphatic heterocycles. The number of hydrogen-bond donors (Lipinski definition) is 0. The lowest BCUT2D eigenvalue weighted by Crippen LogP contribution is -1.83. The topological polar surface area (TPSA) is 22.1 Å². The molecule has 0 saturated heterocycles. The van der Waals surface area contributed by atoms with Crippen molar-refractivity contribution < 1.29 is 4.74 Å². The van der Waals surface area contributed by atoms with Crippen molar-refractivity contribution in [2.75, 3.05) is 7.11 Å². The van der Waals surface area contributed by atoms with Gasteiger partial charge in [0, 0.05) is 0 Å². The second-order valence-electron chi connectivity index (χ2n) is 2.64. The third-order valence-electron chi connectivity index (χ3n) is 1.84. The van der Waals surface area contributed by atoms with E-state index >= 15 is 0 Å². The minimum atomic E-state index is 0.907.